The van der Waals surface area contributed by atoms with E-state index in [4.69, 9.17) is 16.3 Å². The van der Waals surface area contributed by atoms with Crippen molar-refractivity contribution in [1.29, 1.82) is 0 Å². The number of imidazole rings is 1. The van der Waals surface area contributed by atoms with Gasteiger partial charge in [-0.25, -0.2) is 4.98 Å². The summed E-state index contributed by atoms with van der Waals surface area (Å²) in [6.45, 7) is 5.32. The fourth-order valence-corrected chi connectivity index (χ4v) is 1.65. The van der Waals surface area contributed by atoms with Gasteiger partial charge in [0.25, 0.3) is 0 Å². The SMILES string of the molecule is CCn1ccnc1N(CCCl)CCOC. The lowest BCUT2D eigenvalue weighted by atomic mass is 10.5. The van der Waals surface area contributed by atoms with E-state index in [2.05, 4.69) is 21.4 Å². The van der Waals surface area contributed by atoms with E-state index in [1.165, 1.54) is 0 Å². The fraction of sp³-hybridized carbons (Fsp3) is 0.700. The third kappa shape index (κ3) is 3.39. The minimum Gasteiger partial charge on any atom is -0.383 e. The van der Waals surface area contributed by atoms with Gasteiger partial charge in [-0.2, -0.15) is 0 Å². The molecule has 15 heavy (non-hydrogen) atoms. The van der Waals surface area contributed by atoms with Crippen molar-refractivity contribution in [3.63, 3.8) is 0 Å². The number of ether oxygens (including phenoxy) is 1. The minimum absolute atomic E-state index is 0.598. The molecule has 0 aliphatic heterocycles. The van der Waals surface area contributed by atoms with Crippen LogP contribution in [0.2, 0.25) is 0 Å². The van der Waals surface area contributed by atoms with Crippen molar-refractivity contribution in [3.8, 4) is 0 Å². The van der Waals surface area contributed by atoms with E-state index >= 15 is 0 Å². The Hall–Kier alpha value is -0.740. The maximum atomic E-state index is 5.77. The van der Waals surface area contributed by atoms with Crippen LogP contribution in [0.4, 0.5) is 5.95 Å². The molecule has 0 N–H and O–H groups in total. The topological polar surface area (TPSA) is 30.3 Å². The molecule has 4 nitrogen and oxygen atoms in total. The second-order valence-corrected chi connectivity index (χ2v) is 3.56. The van der Waals surface area contributed by atoms with Crippen molar-refractivity contribution < 1.29 is 4.74 Å². The van der Waals surface area contributed by atoms with E-state index < -0.39 is 0 Å². The third-order valence-electron chi connectivity index (χ3n) is 2.24. The van der Waals surface area contributed by atoms with Crippen LogP contribution in [0, 0.1) is 0 Å². The quantitative estimate of drug-likeness (QED) is 0.668. The van der Waals surface area contributed by atoms with Gasteiger partial charge in [0.1, 0.15) is 0 Å². The smallest absolute Gasteiger partial charge is 0.205 e. The van der Waals surface area contributed by atoms with Gasteiger partial charge in [0.05, 0.1) is 6.61 Å². The Kier molecular flexibility index (Phi) is 5.50. The minimum atomic E-state index is 0.598. The molecule has 0 amide bonds. The van der Waals surface area contributed by atoms with Gasteiger partial charge in [0.2, 0.25) is 5.95 Å². The Morgan fingerprint density at radius 2 is 2.33 bits per heavy atom. The average Bonchev–Trinajstić information content (AvgIpc) is 2.72. The van der Waals surface area contributed by atoms with Crippen molar-refractivity contribution in [2.45, 2.75) is 13.5 Å². The van der Waals surface area contributed by atoms with Gasteiger partial charge in [-0.1, -0.05) is 0 Å². The molecule has 0 radical (unpaired) electrons. The lowest BCUT2D eigenvalue weighted by Crippen LogP contribution is -2.31. The molecule has 1 rings (SSSR count). The van der Waals surface area contributed by atoms with E-state index in [-0.39, 0.29) is 0 Å². The summed E-state index contributed by atoms with van der Waals surface area (Å²) in [4.78, 5) is 6.47. The van der Waals surface area contributed by atoms with Crippen LogP contribution < -0.4 is 4.90 Å². The van der Waals surface area contributed by atoms with Gasteiger partial charge in [0, 0.05) is 45.0 Å². The molecule has 0 bridgehead atoms. The normalized spacial score (nSPS) is 10.6. The van der Waals surface area contributed by atoms with Crippen LogP contribution in [0.3, 0.4) is 0 Å². The zero-order valence-corrected chi connectivity index (χ0v) is 10.1. The van der Waals surface area contributed by atoms with Crippen molar-refractivity contribution >= 4 is 17.5 Å². The Morgan fingerprint density at radius 3 is 2.93 bits per heavy atom. The number of methoxy groups -OCH3 is 1. The summed E-state index contributed by atoms with van der Waals surface area (Å²) < 4.78 is 7.17. The van der Waals surface area contributed by atoms with Crippen LogP contribution in [-0.2, 0) is 11.3 Å². The van der Waals surface area contributed by atoms with Crippen molar-refractivity contribution in [2.24, 2.45) is 0 Å². The number of hydrogen-bond donors (Lipinski definition) is 0. The number of halogens is 1. The molecular weight excluding hydrogens is 214 g/mol. The maximum Gasteiger partial charge on any atom is 0.205 e. The Bertz CT molecular complexity index is 277. The highest BCUT2D eigenvalue weighted by Gasteiger charge is 2.10. The molecule has 0 spiro atoms. The molecule has 0 unspecified atom stereocenters. The van der Waals surface area contributed by atoms with Crippen LogP contribution in [0.15, 0.2) is 12.4 Å². The molecule has 5 heteroatoms. The highest BCUT2D eigenvalue weighted by Crippen LogP contribution is 2.11. The lowest BCUT2D eigenvalue weighted by molar-refractivity contribution is 0.205. The van der Waals surface area contributed by atoms with Gasteiger partial charge < -0.3 is 14.2 Å². The lowest BCUT2D eigenvalue weighted by Gasteiger charge is -2.22. The van der Waals surface area contributed by atoms with E-state index in [1.807, 2.05) is 12.4 Å². The first-order valence-electron chi connectivity index (χ1n) is 5.14. The summed E-state index contributed by atoms with van der Waals surface area (Å²) in [5.41, 5.74) is 0. The maximum absolute atomic E-state index is 5.77. The molecule has 0 aliphatic carbocycles. The number of aryl methyl sites for hydroxylation is 1. The molecule has 0 aromatic carbocycles. The summed E-state index contributed by atoms with van der Waals surface area (Å²) >= 11 is 5.77. The van der Waals surface area contributed by atoms with Gasteiger partial charge in [-0.3, -0.25) is 0 Å². The van der Waals surface area contributed by atoms with E-state index in [1.54, 1.807) is 7.11 Å². The molecular formula is C10H18ClN3O. The number of rotatable bonds is 7. The summed E-state index contributed by atoms with van der Waals surface area (Å²) in [7, 11) is 1.70. The number of alkyl halides is 1. The van der Waals surface area contributed by atoms with E-state index in [0.717, 1.165) is 25.6 Å². The largest absolute Gasteiger partial charge is 0.383 e. The molecule has 86 valence electrons. The molecule has 0 aliphatic rings. The van der Waals surface area contributed by atoms with E-state index in [0.29, 0.717) is 12.5 Å². The molecule has 1 aromatic rings. The van der Waals surface area contributed by atoms with Crippen LogP contribution >= 0.6 is 11.6 Å². The van der Waals surface area contributed by atoms with Gasteiger partial charge in [-0.15, -0.1) is 11.6 Å². The first-order chi connectivity index (χ1) is 7.33. The monoisotopic (exact) mass is 231 g/mol. The second kappa shape index (κ2) is 6.69. The average molecular weight is 232 g/mol. The molecule has 1 aromatic heterocycles. The number of aromatic nitrogens is 2. The van der Waals surface area contributed by atoms with Crippen molar-refractivity contribution in [1.82, 2.24) is 9.55 Å². The van der Waals surface area contributed by atoms with Crippen molar-refractivity contribution in [3.05, 3.63) is 12.4 Å². The summed E-state index contributed by atoms with van der Waals surface area (Å²) in [5.74, 6) is 1.57. The molecule has 0 saturated heterocycles. The zero-order chi connectivity index (χ0) is 11.1. The summed E-state index contributed by atoms with van der Waals surface area (Å²) in [6, 6.07) is 0. The standard InChI is InChI=1S/C10H18ClN3O/c1-3-13-7-5-12-10(13)14(6-4-11)8-9-15-2/h5,7H,3-4,6,8-9H2,1-2H3. The predicted octanol–water partition coefficient (Wildman–Crippen LogP) is 1.59. The number of nitrogens with zero attached hydrogens (tertiary/aromatic N) is 3. The first kappa shape index (κ1) is 12.3. The molecule has 1 heterocycles. The van der Waals surface area contributed by atoms with Crippen LogP contribution in [0.5, 0.6) is 0 Å². The first-order valence-corrected chi connectivity index (χ1v) is 5.68. The fourth-order valence-electron chi connectivity index (χ4n) is 1.45. The number of anilines is 1. The summed E-state index contributed by atoms with van der Waals surface area (Å²) in [5, 5.41) is 0. The Morgan fingerprint density at radius 1 is 1.53 bits per heavy atom. The molecule has 0 fully saturated rings. The van der Waals surface area contributed by atoms with Crippen LogP contribution in [0.25, 0.3) is 0 Å². The third-order valence-corrected chi connectivity index (χ3v) is 2.41. The highest BCUT2D eigenvalue weighted by molar-refractivity contribution is 6.18. The van der Waals surface area contributed by atoms with Crippen LogP contribution in [-0.4, -0.2) is 42.2 Å². The molecule has 0 atom stereocenters. The predicted molar refractivity (Wildman–Crippen MR) is 62.7 cm³/mol. The van der Waals surface area contributed by atoms with Gasteiger partial charge >= 0.3 is 0 Å². The summed E-state index contributed by atoms with van der Waals surface area (Å²) in [6.07, 6.45) is 3.79. The highest BCUT2D eigenvalue weighted by atomic mass is 35.5. The Labute approximate surface area is 95.8 Å². The van der Waals surface area contributed by atoms with Gasteiger partial charge in [-0.05, 0) is 6.92 Å². The van der Waals surface area contributed by atoms with Crippen molar-refractivity contribution in [2.75, 3.05) is 37.6 Å². The number of hydrogen-bond acceptors (Lipinski definition) is 3. The Balaban J connectivity index is 2.69. The van der Waals surface area contributed by atoms with Gasteiger partial charge in [0.15, 0.2) is 0 Å². The second-order valence-electron chi connectivity index (χ2n) is 3.18. The zero-order valence-electron chi connectivity index (χ0n) is 9.32. The van der Waals surface area contributed by atoms with E-state index in [9.17, 15) is 0 Å². The van der Waals surface area contributed by atoms with Crippen LogP contribution in [0.1, 0.15) is 6.92 Å². The molecule has 0 saturated carbocycles.